The van der Waals surface area contributed by atoms with E-state index in [0.29, 0.717) is 17.1 Å². The molecule has 0 spiro atoms. The molecule has 3 aromatic rings. The molecule has 0 saturated heterocycles. The van der Waals surface area contributed by atoms with Crippen LogP contribution in [0.3, 0.4) is 0 Å². The van der Waals surface area contributed by atoms with Gasteiger partial charge in [-0.2, -0.15) is 0 Å². The number of benzene rings is 2. The highest BCUT2D eigenvalue weighted by molar-refractivity contribution is 6.30. The number of carbonyl (C=O) groups excluding carboxylic acids is 1. The van der Waals surface area contributed by atoms with Crippen LogP contribution in [0.25, 0.3) is 22.4 Å². The van der Waals surface area contributed by atoms with Gasteiger partial charge in [0.15, 0.2) is 0 Å². The van der Waals surface area contributed by atoms with Crippen LogP contribution in [0.2, 0.25) is 5.02 Å². The summed E-state index contributed by atoms with van der Waals surface area (Å²) in [6, 6.07) is 19.1. The normalized spacial score (nSPS) is 11.8. The Morgan fingerprint density at radius 3 is 2.48 bits per heavy atom. The van der Waals surface area contributed by atoms with Crippen molar-refractivity contribution in [3.05, 3.63) is 77.4 Å². The smallest absolute Gasteiger partial charge is 0.251 e. The summed E-state index contributed by atoms with van der Waals surface area (Å²) < 4.78 is 0. The Balaban J connectivity index is 1.87. The predicted octanol–water partition coefficient (Wildman–Crippen LogP) is 4.43. The third kappa shape index (κ3) is 4.73. The van der Waals surface area contributed by atoms with Crippen molar-refractivity contribution in [1.29, 1.82) is 0 Å². The first kappa shape index (κ1) is 19.1. The van der Waals surface area contributed by atoms with Gasteiger partial charge in [0, 0.05) is 36.0 Å². The van der Waals surface area contributed by atoms with Gasteiger partial charge in [-0.3, -0.25) is 9.78 Å². The van der Waals surface area contributed by atoms with Crippen molar-refractivity contribution < 1.29 is 9.90 Å². The van der Waals surface area contributed by atoms with E-state index in [0.717, 1.165) is 22.4 Å². The average molecular weight is 381 g/mol. The van der Waals surface area contributed by atoms with Gasteiger partial charge in [-0.25, -0.2) is 0 Å². The first-order valence-corrected chi connectivity index (χ1v) is 9.16. The second-order valence-electron chi connectivity index (χ2n) is 6.49. The lowest BCUT2D eigenvalue weighted by Crippen LogP contribution is -2.29. The average Bonchev–Trinajstić information content (AvgIpc) is 2.72. The van der Waals surface area contributed by atoms with Crippen LogP contribution >= 0.6 is 11.6 Å². The van der Waals surface area contributed by atoms with Crippen molar-refractivity contribution in [3.8, 4) is 22.4 Å². The van der Waals surface area contributed by atoms with Crippen LogP contribution in [-0.2, 0) is 0 Å². The van der Waals surface area contributed by atoms with Crippen LogP contribution in [0.15, 0.2) is 66.9 Å². The lowest BCUT2D eigenvalue weighted by atomic mass is 9.98. The number of aliphatic hydroxyl groups is 1. The Morgan fingerprint density at radius 2 is 1.81 bits per heavy atom. The Labute approximate surface area is 163 Å². The van der Waals surface area contributed by atoms with Crippen molar-refractivity contribution in [2.45, 2.75) is 6.92 Å². The second-order valence-corrected chi connectivity index (χ2v) is 6.93. The number of amides is 1. The topological polar surface area (TPSA) is 62.2 Å². The molecule has 2 aromatic carbocycles. The number of nitrogens with zero attached hydrogens (tertiary/aromatic N) is 1. The molecule has 0 fully saturated rings. The number of nitrogens with one attached hydrogen (secondary N) is 1. The van der Waals surface area contributed by atoms with Crippen molar-refractivity contribution in [3.63, 3.8) is 0 Å². The maximum atomic E-state index is 12.2. The fourth-order valence-electron chi connectivity index (χ4n) is 2.72. The second kappa shape index (κ2) is 8.80. The molecule has 0 saturated carbocycles. The van der Waals surface area contributed by atoms with E-state index in [2.05, 4.69) is 10.3 Å². The summed E-state index contributed by atoms with van der Waals surface area (Å²) in [6.07, 6.45) is 1.64. The first-order chi connectivity index (χ1) is 13.1. The van der Waals surface area contributed by atoms with E-state index in [1.807, 2.05) is 55.5 Å². The van der Waals surface area contributed by atoms with Crippen LogP contribution in [0.1, 0.15) is 17.3 Å². The monoisotopic (exact) mass is 380 g/mol. The number of halogens is 1. The number of pyridine rings is 1. The fraction of sp³-hybridized carbons (Fsp3) is 0.182. The summed E-state index contributed by atoms with van der Waals surface area (Å²) >= 11 is 6.17. The molecule has 1 aromatic heterocycles. The largest absolute Gasteiger partial charge is 0.396 e. The van der Waals surface area contributed by atoms with Crippen molar-refractivity contribution in [2.75, 3.05) is 13.2 Å². The van der Waals surface area contributed by atoms with E-state index in [1.165, 1.54) is 0 Å². The van der Waals surface area contributed by atoms with Gasteiger partial charge >= 0.3 is 0 Å². The van der Waals surface area contributed by atoms with E-state index in [-0.39, 0.29) is 18.4 Å². The molecule has 0 radical (unpaired) electrons. The Kier molecular flexibility index (Phi) is 6.22. The maximum absolute atomic E-state index is 12.2. The summed E-state index contributed by atoms with van der Waals surface area (Å²) in [5.74, 6) is -0.131. The zero-order valence-corrected chi connectivity index (χ0v) is 15.8. The summed E-state index contributed by atoms with van der Waals surface area (Å²) in [7, 11) is 0. The molecule has 2 N–H and O–H groups in total. The Bertz CT molecular complexity index is 911. The van der Waals surface area contributed by atoms with Gasteiger partial charge in [-0.1, -0.05) is 61.0 Å². The quantitative estimate of drug-likeness (QED) is 0.665. The highest BCUT2D eigenvalue weighted by Gasteiger charge is 2.12. The standard InChI is InChI=1S/C22H21ClN2O2/c1-15(14-26)12-25-22(27)18-9-7-16(8-10-18)20-11-19(23)13-24-21(20)17-5-3-2-4-6-17/h2-11,13,15,26H,12,14H2,1H3,(H,25,27). The number of aliphatic hydroxyl groups excluding tert-OH is 1. The van der Waals surface area contributed by atoms with E-state index in [4.69, 9.17) is 16.7 Å². The molecule has 1 unspecified atom stereocenters. The molecule has 1 amide bonds. The van der Waals surface area contributed by atoms with Gasteiger partial charge in [0.25, 0.3) is 5.91 Å². The third-order valence-corrected chi connectivity index (χ3v) is 4.49. The molecular formula is C22H21ClN2O2. The number of carbonyl (C=O) groups is 1. The number of aromatic nitrogens is 1. The van der Waals surface area contributed by atoms with E-state index in [9.17, 15) is 4.79 Å². The SMILES string of the molecule is CC(CO)CNC(=O)c1ccc(-c2cc(Cl)cnc2-c2ccccc2)cc1. The van der Waals surface area contributed by atoms with Gasteiger partial charge in [0.05, 0.1) is 10.7 Å². The van der Waals surface area contributed by atoms with Gasteiger partial charge in [0.2, 0.25) is 0 Å². The molecule has 3 rings (SSSR count). The van der Waals surface area contributed by atoms with E-state index >= 15 is 0 Å². The van der Waals surface area contributed by atoms with Gasteiger partial charge in [0.1, 0.15) is 0 Å². The minimum absolute atomic E-state index is 0.0270. The van der Waals surface area contributed by atoms with Gasteiger partial charge in [-0.05, 0) is 29.7 Å². The number of rotatable bonds is 6. The molecule has 5 heteroatoms. The van der Waals surface area contributed by atoms with Crippen LogP contribution < -0.4 is 5.32 Å². The van der Waals surface area contributed by atoms with Gasteiger partial charge in [-0.15, -0.1) is 0 Å². The summed E-state index contributed by atoms with van der Waals surface area (Å²) in [5, 5.41) is 12.4. The van der Waals surface area contributed by atoms with Crippen molar-refractivity contribution >= 4 is 17.5 Å². The van der Waals surface area contributed by atoms with Crippen LogP contribution in [-0.4, -0.2) is 29.1 Å². The molecule has 0 bridgehead atoms. The van der Waals surface area contributed by atoms with Crippen LogP contribution in [0.4, 0.5) is 0 Å². The van der Waals surface area contributed by atoms with E-state index in [1.54, 1.807) is 18.3 Å². The molecule has 1 heterocycles. The highest BCUT2D eigenvalue weighted by Crippen LogP contribution is 2.32. The minimum atomic E-state index is -0.158. The molecule has 27 heavy (non-hydrogen) atoms. The maximum Gasteiger partial charge on any atom is 0.251 e. The lowest BCUT2D eigenvalue weighted by molar-refractivity contribution is 0.0942. The highest BCUT2D eigenvalue weighted by atomic mass is 35.5. The molecular weight excluding hydrogens is 360 g/mol. The Morgan fingerprint density at radius 1 is 1.11 bits per heavy atom. The first-order valence-electron chi connectivity index (χ1n) is 8.79. The summed E-state index contributed by atoms with van der Waals surface area (Å²) in [5.41, 5.74) is 4.26. The molecule has 138 valence electrons. The summed E-state index contributed by atoms with van der Waals surface area (Å²) in [4.78, 5) is 16.7. The zero-order valence-electron chi connectivity index (χ0n) is 15.0. The lowest BCUT2D eigenvalue weighted by Gasteiger charge is -2.12. The third-order valence-electron chi connectivity index (χ3n) is 4.28. The van der Waals surface area contributed by atoms with Crippen LogP contribution in [0, 0.1) is 5.92 Å². The Hall–Kier alpha value is -2.69. The minimum Gasteiger partial charge on any atom is -0.396 e. The molecule has 0 aliphatic carbocycles. The molecule has 0 aliphatic rings. The van der Waals surface area contributed by atoms with Crippen molar-refractivity contribution in [1.82, 2.24) is 10.3 Å². The summed E-state index contributed by atoms with van der Waals surface area (Å²) in [6.45, 7) is 2.36. The molecule has 1 atom stereocenters. The number of hydrogen-bond acceptors (Lipinski definition) is 3. The van der Waals surface area contributed by atoms with Gasteiger partial charge < -0.3 is 10.4 Å². The zero-order chi connectivity index (χ0) is 19.2. The van der Waals surface area contributed by atoms with Crippen molar-refractivity contribution in [2.24, 2.45) is 5.92 Å². The number of hydrogen-bond donors (Lipinski definition) is 2. The fourth-order valence-corrected chi connectivity index (χ4v) is 2.88. The molecule has 4 nitrogen and oxygen atoms in total. The van der Waals surface area contributed by atoms with E-state index < -0.39 is 0 Å². The molecule has 0 aliphatic heterocycles. The predicted molar refractivity (Wildman–Crippen MR) is 109 cm³/mol. The van der Waals surface area contributed by atoms with Crippen LogP contribution in [0.5, 0.6) is 0 Å².